The molecule has 160 valence electrons. The van der Waals surface area contributed by atoms with Gasteiger partial charge in [-0.3, -0.25) is 20.0 Å². The molecule has 1 fully saturated rings. The molecule has 0 saturated carbocycles. The first-order chi connectivity index (χ1) is 14.7. The number of anilines is 1. The van der Waals surface area contributed by atoms with Crippen molar-refractivity contribution in [3.05, 3.63) is 69.8 Å². The van der Waals surface area contributed by atoms with Crippen LogP contribution in [0.1, 0.15) is 24.0 Å². The van der Waals surface area contributed by atoms with E-state index in [1.54, 1.807) is 25.2 Å². The Hall–Kier alpha value is -3.13. The van der Waals surface area contributed by atoms with Gasteiger partial charge in [-0.25, -0.2) is 0 Å². The van der Waals surface area contributed by atoms with E-state index in [-0.39, 0.29) is 10.6 Å². The number of nitro groups is 1. The third-order valence-corrected chi connectivity index (χ3v) is 5.15. The number of nitro benzene ring substituents is 1. The quantitative estimate of drug-likeness (QED) is 0.193. The van der Waals surface area contributed by atoms with Crippen LogP contribution >= 0.6 is 0 Å². The highest BCUT2D eigenvalue weighted by Crippen LogP contribution is 2.22. The van der Waals surface area contributed by atoms with Crippen LogP contribution in [-0.4, -0.2) is 49.0 Å². The molecular formula is C22H30N6O2. The minimum absolute atomic E-state index is 0.0770. The van der Waals surface area contributed by atoms with Gasteiger partial charge in [0.1, 0.15) is 5.69 Å². The smallest absolute Gasteiger partial charge is 0.292 e. The fraction of sp³-hybridized carbons (Fsp3) is 0.409. The second-order valence-corrected chi connectivity index (χ2v) is 7.35. The van der Waals surface area contributed by atoms with Gasteiger partial charge in [0.05, 0.1) is 4.92 Å². The highest BCUT2D eigenvalue weighted by atomic mass is 16.6. The summed E-state index contributed by atoms with van der Waals surface area (Å²) < 4.78 is 0. The Morgan fingerprint density at radius 1 is 1.03 bits per heavy atom. The Labute approximate surface area is 177 Å². The minimum Gasteiger partial charge on any atom is -0.378 e. The first kappa shape index (κ1) is 21.6. The Morgan fingerprint density at radius 2 is 1.73 bits per heavy atom. The molecule has 0 aliphatic carbocycles. The zero-order chi connectivity index (χ0) is 21.2. The molecule has 0 aromatic heterocycles. The van der Waals surface area contributed by atoms with Crippen molar-refractivity contribution in [3.8, 4) is 0 Å². The van der Waals surface area contributed by atoms with E-state index in [9.17, 15) is 10.1 Å². The number of likely N-dealkylation sites (tertiary alicyclic amines) is 1. The first-order valence-corrected chi connectivity index (χ1v) is 10.4. The van der Waals surface area contributed by atoms with Crippen LogP contribution in [0, 0.1) is 10.1 Å². The molecule has 8 heteroatoms. The number of nitrogens with one attached hydrogen (secondary N) is 3. The molecule has 8 nitrogen and oxygen atoms in total. The van der Waals surface area contributed by atoms with E-state index in [1.165, 1.54) is 43.1 Å². The average molecular weight is 411 g/mol. The highest BCUT2D eigenvalue weighted by molar-refractivity contribution is 5.79. The van der Waals surface area contributed by atoms with E-state index in [0.29, 0.717) is 31.3 Å². The van der Waals surface area contributed by atoms with Gasteiger partial charge in [-0.1, -0.05) is 36.4 Å². The summed E-state index contributed by atoms with van der Waals surface area (Å²) in [5, 5.41) is 20.7. The first-order valence-electron chi connectivity index (χ1n) is 10.4. The maximum Gasteiger partial charge on any atom is 0.292 e. The van der Waals surface area contributed by atoms with Crippen molar-refractivity contribution in [1.82, 2.24) is 15.5 Å². The number of hydrogen-bond donors (Lipinski definition) is 3. The van der Waals surface area contributed by atoms with Crippen LogP contribution in [0.15, 0.2) is 53.5 Å². The topological polar surface area (TPSA) is 94.8 Å². The van der Waals surface area contributed by atoms with Gasteiger partial charge in [0.25, 0.3) is 5.69 Å². The fourth-order valence-electron chi connectivity index (χ4n) is 3.53. The number of guanidine groups is 1. The molecule has 1 aliphatic rings. The molecular weight excluding hydrogens is 380 g/mol. The summed E-state index contributed by atoms with van der Waals surface area (Å²) in [6.07, 6.45) is 2.62. The van der Waals surface area contributed by atoms with Gasteiger partial charge in [-0.05, 0) is 43.1 Å². The van der Waals surface area contributed by atoms with Gasteiger partial charge in [-0.2, -0.15) is 0 Å². The number of rotatable bonds is 9. The van der Waals surface area contributed by atoms with Crippen LogP contribution in [0.4, 0.5) is 11.4 Å². The van der Waals surface area contributed by atoms with Crippen LogP contribution in [0.25, 0.3) is 0 Å². The van der Waals surface area contributed by atoms with Gasteiger partial charge in [0.15, 0.2) is 5.96 Å². The van der Waals surface area contributed by atoms with Crippen LogP contribution in [0.3, 0.4) is 0 Å². The summed E-state index contributed by atoms with van der Waals surface area (Å²) in [6.45, 7) is 5.25. The molecule has 0 atom stereocenters. The van der Waals surface area contributed by atoms with E-state index in [0.717, 1.165) is 6.54 Å². The molecule has 2 aromatic carbocycles. The SMILES string of the molecule is CN=C(NCCNc1ccccc1[N+](=O)[O-])NCc1ccc(CN2CCCC2)cc1. The molecule has 3 rings (SSSR count). The van der Waals surface area contributed by atoms with Crippen LogP contribution in [-0.2, 0) is 13.1 Å². The maximum atomic E-state index is 11.1. The van der Waals surface area contributed by atoms with E-state index >= 15 is 0 Å². The minimum atomic E-state index is -0.382. The summed E-state index contributed by atoms with van der Waals surface area (Å²) in [5.74, 6) is 0.695. The molecule has 2 aromatic rings. The standard InChI is InChI=1S/C22H30N6O2/c1-23-22(25-13-12-24-20-6-2-3-7-21(20)28(29)30)26-16-18-8-10-19(11-9-18)17-27-14-4-5-15-27/h2-3,6-11,24H,4-5,12-17H2,1H3,(H2,23,25,26). The van der Waals surface area contributed by atoms with Crippen LogP contribution < -0.4 is 16.0 Å². The zero-order valence-corrected chi connectivity index (χ0v) is 17.4. The molecule has 0 radical (unpaired) electrons. The Kier molecular flexibility index (Phi) is 8.02. The van der Waals surface area contributed by atoms with Gasteiger partial charge in [-0.15, -0.1) is 0 Å². The normalized spacial score (nSPS) is 14.5. The summed E-state index contributed by atoms with van der Waals surface area (Å²) in [5.41, 5.74) is 3.14. The summed E-state index contributed by atoms with van der Waals surface area (Å²) >= 11 is 0. The van der Waals surface area contributed by atoms with E-state index < -0.39 is 0 Å². The number of aliphatic imine (C=N–C) groups is 1. The van der Waals surface area contributed by atoms with Crippen LogP contribution in [0.2, 0.25) is 0 Å². The van der Waals surface area contributed by atoms with E-state index in [4.69, 9.17) is 0 Å². The average Bonchev–Trinajstić information content (AvgIpc) is 3.27. The molecule has 0 amide bonds. The third-order valence-electron chi connectivity index (χ3n) is 5.15. The largest absolute Gasteiger partial charge is 0.378 e. The van der Waals surface area contributed by atoms with Crippen LogP contribution in [0.5, 0.6) is 0 Å². The van der Waals surface area contributed by atoms with Crippen molar-refractivity contribution >= 4 is 17.3 Å². The van der Waals surface area contributed by atoms with Gasteiger partial charge >= 0.3 is 0 Å². The van der Waals surface area contributed by atoms with Gasteiger partial charge in [0, 0.05) is 39.3 Å². The summed E-state index contributed by atoms with van der Waals surface area (Å²) in [7, 11) is 1.73. The third kappa shape index (κ3) is 6.45. The number of nitrogens with zero attached hydrogens (tertiary/aromatic N) is 3. The predicted molar refractivity (Wildman–Crippen MR) is 121 cm³/mol. The number of hydrogen-bond acceptors (Lipinski definition) is 5. The van der Waals surface area contributed by atoms with Crippen molar-refractivity contribution in [2.45, 2.75) is 25.9 Å². The Morgan fingerprint density at radius 3 is 2.43 bits per heavy atom. The maximum absolute atomic E-state index is 11.1. The second-order valence-electron chi connectivity index (χ2n) is 7.35. The van der Waals surface area contributed by atoms with Gasteiger partial charge in [0.2, 0.25) is 0 Å². The highest BCUT2D eigenvalue weighted by Gasteiger charge is 2.12. The molecule has 30 heavy (non-hydrogen) atoms. The number of para-hydroxylation sites is 2. The molecule has 0 spiro atoms. The lowest BCUT2D eigenvalue weighted by molar-refractivity contribution is -0.384. The molecule has 0 bridgehead atoms. The molecule has 1 heterocycles. The molecule has 0 unspecified atom stereocenters. The molecule has 1 aliphatic heterocycles. The fourth-order valence-corrected chi connectivity index (χ4v) is 3.53. The Bertz CT molecular complexity index is 847. The van der Waals surface area contributed by atoms with E-state index in [2.05, 4.69) is 50.1 Å². The van der Waals surface area contributed by atoms with Crippen molar-refractivity contribution < 1.29 is 4.92 Å². The lowest BCUT2D eigenvalue weighted by atomic mass is 10.1. The lowest BCUT2D eigenvalue weighted by Gasteiger charge is -2.15. The second kappa shape index (κ2) is 11.2. The number of benzene rings is 2. The Balaban J connectivity index is 1.39. The van der Waals surface area contributed by atoms with E-state index in [1.807, 2.05) is 0 Å². The van der Waals surface area contributed by atoms with Gasteiger partial charge < -0.3 is 16.0 Å². The van der Waals surface area contributed by atoms with Crippen molar-refractivity contribution in [2.24, 2.45) is 4.99 Å². The monoisotopic (exact) mass is 410 g/mol. The van der Waals surface area contributed by atoms with Crippen molar-refractivity contribution in [3.63, 3.8) is 0 Å². The molecule has 1 saturated heterocycles. The lowest BCUT2D eigenvalue weighted by Crippen LogP contribution is -2.39. The van der Waals surface area contributed by atoms with Crippen molar-refractivity contribution in [1.29, 1.82) is 0 Å². The van der Waals surface area contributed by atoms with Crippen molar-refractivity contribution in [2.75, 3.05) is 38.5 Å². The molecule has 3 N–H and O–H groups in total. The predicted octanol–water partition coefficient (Wildman–Crippen LogP) is 2.97. The zero-order valence-electron chi connectivity index (χ0n) is 17.4. The summed E-state index contributed by atoms with van der Waals surface area (Å²) in [6, 6.07) is 15.3. The summed E-state index contributed by atoms with van der Waals surface area (Å²) in [4.78, 5) is 17.4.